The number of nitrogens with one attached hydrogen (secondary N) is 1. The van der Waals surface area contributed by atoms with E-state index in [4.69, 9.17) is 10.5 Å². The van der Waals surface area contributed by atoms with Crippen molar-refractivity contribution in [1.82, 2.24) is 14.9 Å². The minimum Gasteiger partial charge on any atom is -0.463 e. The van der Waals surface area contributed by atoms with Crippen molar-refractivity contribution >= 4 is 17.4 Å². The maximum absolute atomic E-state index is 12.6. The number of ether oxygens (including phenoxy) is 1. The summed E-state index contributed by atoms with van der Waals surface area (Å²) in [7, 11) is 0. The van der Waals surface area contributed by atoms with Crippen molar-refractivity contribution in [2.75, 3.05) is 37.3 Å². The van der Waals surface area contributed by atoms with Crippen molar-refractivity contribution in [3.8, 4) is 6.01 Å². The van der Waals surface area contributed by atoms with Gasteiger partial charge in [-0.3, -0.25) is 4.79 Å². The second-order valence-corrected chi connectivity index (χ2v) is 10.8. The summed E-state index contributed by atoms with van der Waals surface area (Å²) in [6.45, 7) is 11.2. The monoisotopic (exact) mass is 473 g/mol. The average Bonchev–Trinajstić information content (AvgIpc) is 2.81. The van der Waals surface area contributed by atoms with Gasteiger partial charge in [-0.25, -0.2) is 0 Å². The molecule has 3 N–H and O–H groups in total. The highest BCUT2D eigenvalue weighted by Gasteiger charge is 2.29. The number of likely N-dealkylation sites (tertiary alicyclic amines) is 1. The number of hydrogen-bond donors (Lipinski definition) is 2. The van der Waals surface area contributed by atoms with Gasteiger partial charge in [0.15, 0.2) is 5.82 Å². The fraction of sp³-hybridized carbons (Fsp3) is 0.815. The molecule has 1 saturated heterocycles. The fourth-order valence-corrected chi connectivity index (χ4v) is 5.06. The van der Waals surface area contributed by atoms with E-state index in [0.717, 1.165) is 43.2 Å². The molecule has 3 heterocycles. The van der Waals surface area contributed by atoms with Crippen LogP contribution in [0.4, 0.5) is 11.5 Å². The first kappa shape index (κ1) is 26.7. The Morgan fingerprint density at radius 1 is 1.09 bits per heavy atom. The smallest absolute Gasteiger partial charge is 0.318 e. The lowest BCUT2D eigenvalue weighted by atomic mass is 9.89. The van der Waals surface area contributed by atoms with E-state index in [1.54, 1.807) is 0 Å². The van der Waals surface area contributed by atoms with Crippen molar-refractivity contribution in [3.05, 3.63) is 5.69 Å². The lowest BCUT2D eigenvalue weighted by Crippen LogP contribution is -2.34. The van der Waals surface area contributed by atoms with E-state index in [9.17, 15) is 4.79 Å². The molecule has 1 aromatic heterocycles. The minimum absolute atomic E-state index is 0.0412. The highest BCUT2D eigenvalue weighted by Crippen LogP contribution is 2.32. The lowest BCUT2D eigenvalue weighted by Gasteiger charge is -2.32. The molecule has 2 aliphatic heterocycles. The fourth-order valence-electron chi connectivity index (χ4n) is 5.06. The van der Waals surface area contributed by atoms with Crippen molar-refractivity contribution in [3.63, 3.8) is 0 Å². The van der Waals surface area contributed by atoms with Crippen LogP contribution in [-0.4, -0.2) is 47.0 Å². The van der Waals surface area contributed by atoms with E-state index in [0.29, 0.717) is 30.5 Å². The van der Waals surface area contributed by atoms with Crippen molar-refractivity contribution in [1.29, 1.82) is 0 Å². The highest BCUT2D eigenvalue weighted by atomic mass is 16.5. The number of unbranched alkanes of at least 4 members (excludes halogenated alkanes) is 4. The SMILES string of the molecule is CCCCOc1nc(N)c2c(n1)CC(CCCCCCC1CCN(CCC(C)C)CC1)C(=O)N2. The molecular weight excluding hydrogens is 426 g/mol. The second-order valence-electron chi connectivity index (χ2n) is 10.8. The summed E-state index contributed by atoms with van der Waals surface area (Å²) >= 11 is 0. The summed E-state index contributed by atoms with van der Waals surface area (Å²) < 4.78 is 5.64. The van der Waals surface area contributed by atoms with E-state index in [-0.39, 0.29) is 11.8 Å². The maximum atomic E-state index is 12.6. The molecule has 1 atom stereocenters. The molecule has 0 aliphatic carbocycles. The lowest BCUT2D eigenvalue weighted by molar-refractivity contribution is -0.120. The number of fused-ring (bicyclic) bond motifs is 1. The van der Waals surface area contributed by atoms with Crippen molar-refractivity contribution < 1.29 is 9.53 Å². The van der Waals surface area contributed by atoms with Crippen LogP contribution in [0.1, 0.15) is 97.1 Å². The van der Waals surface area contributed by atoms with E-state index in [2.05, 4.69) is 41.0 Å². The van der Waals surface area contributed by atoms with Crippen molar-refractivity contribution in [2.24, 2.45) is 17.8 Å². The molecule has 3 rings (SSSR count). The van der Waals surface area contributed by atoms with Gasteiger partial charge >= 0.3 is 6.01 Å². The summed E-state index contributed by atoms with van der Waals surface area (Å²) in [5, 5.41) is 2.94. The van der Waals surface area contributed by atoms with E-state index < -0.39 is 0 Å². The molecule has 1 unspecified atom stereocenters. The first-order chi connectivity index (χ1) is 16.5. The van der Waals surface area contributed by atoms with Gasteiger partial charge in [0.25, 0.3) is 0 Å². The third-order valence-corrected chi connectivity index (χ3v) is 7.42. The maximum Gasteiger partial charge on any atom is 0.318 e. The van der Waals surface area contributed by atoms with Crippen LogP contribution in [0.15, 0.2) is 0 Å². The van der Waals surface area contributed by atoms with Gasteiger partial charge in [-0.05, 0) is 63.6 Å². The zero-order chi connectivity index (χ0) is 24.3. The Bertz CT molecular complexity index is 762. The third kappa shape index (κ3) is 8.40. The standard InChI is InChI=1S/C27H47N5O2/c1-4-5-18-34-27-29-23-19-22(26(33)30-24(23)25(28)31-27)11-9-7-6-8-10-21-13-16-32(17-14-21)15-12-20(2)3/h20-22H,4-19H2,1-3H3,(H,30,33)(H2,28,29,31). The van der Waals surface area contributed by atoms with Gasteiger partial charge in [0, 0.05) is 12.3 Å². The van der Waals surface area contributed by atoms with Crippen LogP contribution in [0.25, 0.3) is 0 Å². The number of nitrogens with zero attached hydrogens (tertiary/aromatic N) is 3. The largest absolute Gasteiger partial charge is 0.463 e. The van der Waals surface area contributed by atoms with Crippen LogP contribution in [0.5, 0.6) is 6.01 Å². The topological polar surface area (TPSA) is 93.4 Å². The van der Waals surface area contributed by atoms with Gasteiger partial charge in [0.05, 0.1) is 12.3 Å². The van der Waals surface area contributed by atoms with Gasteiger partial charge in [-0.2, -0.15) is 9.97 Å². The predicted molar refractivity (Wildman–Crippen MR) is 139 cm³/mol. The number of nitrogens with two attached hydrogens (primary N) is 1. The van der Waals surface area contributed by atoms with Crippen LogP contribution in [0.3, 0.4) is 0 Å². The van der Waals surface area contributed by atoms with Gasteiger partial charge in [-0.1, -0.05) is 59.3 Å². The third-order valence-electron chi connectivity index (χ3n) is 7.42. The van der Waals surface area contributed by atoms with Gasteiger partial charge in [-0.15, -0.1) is 0 Å². The molecular formula is C27H47N5O2. The molecule has 7 heteroatoms. The van der Waals surface area contributed by atoms with E-state index >= 15 is 0 Å². The molecule has 192 valence electrons. The molecule has 0 aromatic carbocycles. The number of amides is 1. The molecule has 0 bridgehead atoms. The summed E-state index contributed by atoms with van der Waals surface area (Å²) in [4.78, 5) is 24.0. The van der Waals surface area contributed by atoms with Gasteiger partial charge < -0.3 is 20.7 Å². The number of aromatic nitrogens is 2. The highest BCUT2D eigenvalue weighted by molar-refractivity contribution is 5.97. The molecule has 2 aliphatic rings. The number of anilines is 2. The Morgan fingerprint density at radius 2 is 1.82 bits per heavy atom. The Morgan fingerprint density at radius 3 is 2.53 bits per heavy atom. The van der Waals surface area contributed by atoms with Gasteiger partial charge in [0.1, 0.15) is 5.69 Å². The Hall–Kier alpha value is -1.89. The van der Waals surface area contributed by atoms with Crippen LogP contribution in [0, 0.1) is 17.8 Å². The number of hydrogen-bond acceptors (Lipinski definition) is 6. The van der Waals surface area contributed by atoms with E-state index in [1.165, 1.54) is 64.6 Å². The summed E-state index contributed by atoms with van der Waals surface area (Å²) in [6.07, 6.45) is 13.8. The van der Waals surface area contributed by atoms with Gasteiger partial charge in [0.2, 0.25) is 5.91 Å². The zero-order valence-electron chi connectivity index (χ0n) is 21.8. The Labute approximate surface area is 206 Å². The average molecular weight is 474 g/mol. The van der Waals surface area contributed by atoms with E-state index in [1.807, 2.05) is 0 Å². The first-order valence-electron chi connectivity index (χ1n) is 13.8. The molecule has 0 saturated carbocycles. The second kappa shape index (κ2) is 13.9. The number of carbonyl (C=O) groups excluding carboxylic acids is 1. The first-order valence-corrected chi connectivity index (χ1v) is 13.8. The Kier molecular flexibility index (Phi) is 10.9. The van der Waals surface area contributed by atoms with Crippen molar-refractivity contribution in [2.45, 2.75) is 97.8 Å². The normalized spacial score (nSPS) is 19.3. The number of rotatable bonds is 14. The molecule has 34 heavy (non-hydrogen) atoms. The molecule has 7 nitrogen and oxygen atoms in total. The quantitative estimate of drug-likeness (QED) is 0.349. The zero-order valence-corrected chi connectivity index (χ0v) is 21.8. The molecule has 0 spiro atoms. The summed E-state index contributed by atoms with van der Waals surface area (Å²) in [5.74, 6) is 2.02. The Balaban J connectivity index is 1.32. The van der Waals surface area contributed by atoms with Crippen LogP contribution in [0.2, 0.25) is 0 Å². The van der Waals surface area contributed by atoms with Crippen LogP contribution in [-0.2, 0) is 11.2 Å². The molecule has 0 radical (unpaired) electrons. The van der Waals surface area contributed by atoms with Crippen LogP contribution < -0.4 is 15.8 Å². The number of piperidine rings is 1. The van der Waals surface area contributed by atoms with Crippen LogP contribution >= 0.6 is 0 Å². The summed E-state index contributed by atoms with van der Waals surface area (Å²) in [6, 6.07) is 0.324. The molecule has 1 aromatic rings. The number of nitrogen functional groups attached to an aromatic ring is 1. The molecule has 1 amide bonds. The minimum atomic E-state index is -0.0412. The number of carbonyl (C=O) groups is 1. The summed E-state index contributed by atoms with van der Waals surface area (Å²) in [5.41, 5.74) is 7.43. The molecule has 1 fully saturated rings. The predicted octanol–water partition coefficient (Wildman–Crippen LogP) is 5.45.